The second kappa shape index (κ2) is 7.89. The molecule has 0 spiro atoms. The smallest absolute Gasteiger partial charge is 0.0253 e. The zero-order chi connectivity index (χ0) is 15.8. The van der Waals surface area contributed by atoms with Gasteiger partial charge in [-0.25, -0.2) is 0 Å². The summed E-state index contributed by atoms with van der Waals surface area (Å²) in [6.45, 7) is 1.94. The fraction of sp³-hybridized carbons (Fsp3) is 0.100. The topological polar surface area (TPSA) is 47.7 Å². The van der Waals surface area contributed by atoms with Crippen LogP contribution in [0.25, 0.3) is 16.7 Å². The van der Waals surface area contributed by atoms with E-state index < -0.39 is 0 Å². The van der Waals surface area contributed by atoms with Gasteiger partial charge in [0.1, 0.15) is 0 Å². The quantitative estimate of drug-likeness (QED) is 0.690. The van der Waals surface area contributed by atoms with Crippen molar-refractivity contribution in [3.05, 3.63) is 77.9 Å². The Labute approximate surface area is 131 Å². The Kier molecular flexibility index (Phi) is 5.61. The first kappa shape index (κ1) is 15.6. The average Bonchev–Trinajstić information content (AvgIpc) is 2.57. The van der Waals surface area contributed by atoms with E-state index in [1.54, 1.807) is 6.08 Å². The van der Waals surface area contributed by atoms with Gasteiger partial charge in [0, 0.05) is 12.4 Å². The number of nitrogens with one attached hydrogen (secondary N) is 2. The third kappa shape index (κ3) is 3.89. The Morgan fingerprint density at radius 1 is 1.00 bits per heavy atom. The molecule has 0 aliphatic heterocycles. The van der Waals surface area contributed by atoms with Crippen LogP contribution in [0.1, 0.15) is 18.1 Å². The highest BCUT2D eigenvalue weighted by molar-refractivity contribution is 6.08. The van der Waals surface area contributed by atoms with Crippen molar-refractivity contribution >= 4 is 18.0 Å². The van der Waals surface area contributed by atoms with Crippen molar-refractivity contribution in [2.24, 2.45) is 0 Å². The molecular formula is C20H20N2. The summed E-state index contributed by atoms with van der Waals surface area (Å²) in [7, 11) is 0. The second-order valence-corrected chi connectivity index (χ2v) is 4.97. The summed E-state index contributed by atoms with van der Waals surface area (Å²) in [6.07, 6.45) is 9.18. The molecule has 0 fully saturated rings. The third-order valence-electron chi connectivity index (χ3n) is 3.53. The summed E-state index contributed by atoms with van der Waals surface area (Å²) in [4.78, 5) is 0. The molecule has 0 aliphatic carbocycles. The van der Waals surface area contributed by atoms with E-state index in [-0.39, 0.29) is 0 Å². The molecule has 0 bridgehead atoms. The summed E-state index contributed by atoms with van der Waals surface area (Å²) in [5, 5.41) is 14.4. The number of benzene rings is 2. The zero-order valence-corrected chi connectivity index (χ0v) is 12.7. The number of hydrogen-bond acceptors (Lipinski definition) is 2. The molecule has 2 nitrogen and oxygen atoms in total. The van der Waals surface area contributed by atoms with Gasteiger partial charge < -0.3 is 10.8 Å². The van der Waals surface area contributed by atoms with Crippen LogP contribution in [0.15, 0.2) is 66.8 Å². The highest BCUT2D eigenvalue weighted by atomic mass is 14.3. The van der Waals surface area contributed by atoms with E-state index in [2.05, 4.69) is 48.5 Å². The normalized spacial score (nSPS) is 11.6. The van der Waals surface area contributed by atoms with Crippen molar-refractivity contribution < 1.29 is 0 Å². The van der Waals surface area contributed by atoms with Crippen molar-refractivity contribution in [3.63, 3.8) is 0 Å². The van der Waals surface area contributed by atoms with E-state index in [0.717, 1.165) is 17.6 Å². The molecule has 0 aromatic heterocycles. The second-order valence-electron chi connectivity index (χ2n) is 4.97. The van der Waals surface area contributed by atoms with E-state index in [9.17, 15) is 0 Å². The molecule has 0 aliphatic rings. The molecule has 2 heteroatoms. The monoisotopic (exact) mass is 288 g/mol. The maximum absolute atomic E-state index is 7.41. The van der Waals surface area contributed by atoms with E-state index in [4.69, 9.17) is 10.8 Å². The van der Waals surface area contributed by atoms with Crippen LogP contribution in [-0.4, -0.2) is 12.4 Å². The molecule has 110 valence electrons. The van der Waals surface area contributed by atoms with Gasteiger partial charge in [0.2, 0.25) is 0 Å². The van der Waals surface area contributed by atoms with Crippen LogP contribution in [0.5, 0.6) is 0 Å². The van der Waals surface area contributed by atoms with Crippen molar-refractivity contribution in [2.75, 3.05) is 0 Å². The molecule has 2 aromatic carbocycles. The minimum Gasteiger partial charge on any atom is -0.309 e. The lowest BCUT2D eigenvalue weighted by molar-refractivity contribution is 1.27. The van der Waals surface area contributed by atoms with Gasteiger partial charge in [-0.3, -0.25) is 0 Å². The predicted octanol–water partition coefficient (Wildman–Crippen LogP) is 5.15. The first-order valence-corrected chi connectivity index (χ1v) is 7.30. The molecule has 0 unspecified atom stereocenters. The van der Waals surface area contributed by atoms with Gasteiger partial charge in [0.25, 0.3) is 0 Å². The SMILES string of the molecule is C/C=C(\C=N)c1ccc(-c2cccc(C/C=C\C=N)c2)cc1. The Bertz CT molecular complexity index is 707. The Morgan fingerprint density at radius 3 is 2.41 bits per heavy atom. The van der Waals surface area contributed by atoms with Crippen molar-refractivity contribution in [1.29, 1.82) is 10.8 Å². The van der Waals surface area contributed by atoms with Gasteiger partial charge in [-0.2, -0.15) is 0 Å². The minimum atomic E-state index is 0.831. The molecule has 0 saturated heterocycles. The van der Waals surface area contributed by atoms with Crippen molar-refractivity contribution in [2.45, 2.75) is 13.3 Å². The largest absolute Gasteiger partial charge is 0.309 e. The van der Waals surface area contributed by atoms with Gasteiger partial charge in [0.15, 0.2) is 0 Å². The zero-order valence-electron chi connectivity index (χ0n) is 12.7. The standard InChI is InChI=1S/C20H20N2/c1-2-17(15-22)18-9-11-19(12-10-18)20-8-5-7-16(14-20)6-3-4-13-21/h2-5,7-15,21-22H,6H2,1H3/b4-3-,17-2+,21-13?,22-15?. The summed E-state index contributed by atoms with van der Waals surface area (Å²) in [6, 6.07) is 16.7. The van der Waals surface area contributed by atoms with Gasteiger partial charge in [0.05, 0.1) is 0 Å². The summed E-state index contributed by atoms with van der Waals surface area (Å²) in [5.74, 6) is 0. The van der Waals surface area contributed by atoms with Crippen LogP contribution in [0.3, 0.4) is 0 Å². The maximum Gasteiger partial charge on any atom is 0.0253 e. The number of hydrogen-bond donors (Lipinski definition) is 2. The lowest BCUT2D eigenvalue weighted by atomic mass is 9.98. The van der Waals surface area contributed by atoms with E-state index in [1.165, 1.54) is 29.1 Å². The van der Waals surface area contributed by atoms with Crippen molar-refractivity contribution in [1.82, 2.24) is 0 Å². The molecule has 0 saturated carbocycles. The number of rotatable bonds is 6. The molecule has 0 radical (unpaired) electrons. The molecule has 22 heavy (non-hydrogen) atoms. The number of allylic oxidation sites excluding steroid dienone is 4. The van der Waals surface area contributed by atoms with Crippen LogP contribution in [-0.2, 0) is 6.42 Å². The van der Waals surface area contributed by atoms with Gasteiger partial charge >= 0.3 is 0 Å². The van der Waals surface area contributed by atoms with Crippen LogP contribution in [0, 0.1) is 10.8 Å². The molecule has 2 rings (SSSR count). The molecule has 2 N–H and O–H groups in total. The first-order chi connectivity index (χ1) is 10.8. The van der Waals surface area contributed by atoms with Crippen LogP contribution < -0.4 is 0 Å². The fourth-order valence-corrected chi connectivity index (χ4v) is 2.34. The Hall–Kier alpha value is -2.74. The van der Waals surface area contributed by atoms with Gasteiger partial charge in [-0.15, -0.1) is 0 Å². The summed E-state index contributed by atoms with van der Waals surface area (Å²) >= 11 is 0. The Balaban J connectivity index is 2.24. The molecule has 0 amide bonds. The van der Waals surface area contributed by atoms with Gasteiger partial charge in [-0.1, -0.05) is 60.7 Å². The highest BCUT2D eigenvalue weighted by Gasteiger charge is 2.01. The highest BCUT2D eigenvalue weighted by Crippen LogP contribution is 2.23. The van der Waals surface area contributed by atoms with Crippen LogP contribution in [0.2, 0.25) is 0 Å². The van der Waals surface area contributed by atoms with E-state index in [1.807, 2.05) is 19.1 Å². The molecular weight excluding hydrogens is 268 g/mol. The lowest BCUT2D eigenvalue weighted by Gasteiger charge is -2.06. The van der Waals surface area contributed by atoms with Crippen molar-refractivity contribution in [3.8, 4) is 11.1 Å². The fourth-order valence-electron chi connectivity index (χ4n) is 2.34. The maximum atomic E-state index is 7.41. The predicted molar refractivity (Wildman–Crippen MR) is 95.9 cm³/mol. The molecule has 2 aromatic rings. The molecule has 0 atom stereocenters. The van der Waals surface area contributed by atoms with Gasteiger partial charge in [-0.05, 0) is 47.2 Å². The molecule has 0 heterocycles. The Morgan fingerprint density at radius 2 is 1.77 bits per heavy atom. The van der Waals surface area contributed by atoms with Crippen LogP contribution >= 0.6 is 0 Å². The summed E-state index contributed by atoms with van der Waals surface area (Å²) in [5.41, 5.74) is 5.57. The van der Waals surface area contributed by atoms with E-state index >= 15 is 0 Å². The first-order valence-electron chi connectivity index (χ1n) is 7.30. The third-order valence-corrected chi connectivity index (χ3v) is 3.53. The van der Waals surface area contributed by atoms with Crippen LogP contribution in [0.4, 0.5) is 0 Å². The summed E-state index contributed by atoms with van der Waals surface area (Å²) < 4.78 is 0. The van der Waals surface area contributed by atoms with E-state index in [0.29, 0.717) is 0 Å². The minimum absolute atomic E-state index is 0.831. The average molecular weight is 288 g/mol. The lowest BCUT2D eigenvalue weighted by Crippen LogP contribution is -1.87.